The molecule has 5 nitrogen and oxygen atoms in total. The number of imidazole rings is 1. The lowest BCUT2D eigenvalue weighted by Gasteiger charge is -2.38. The molecule has 0 unspecified atom stereocenters. The highest BCUT2D eigenvalue weighted by atomic mass is 16.2. The van der Waals surface area contributed by atoms with Gasteiger partial charge in [0.2, 0.25) is 5.91 Å². The van der Waals surface area contributed by atoms with E-state index in [2.05, 4.69) is 31.5 Å². The Labute approximate surface area is 142 Å². The third-order valence-corrected chi connectivity index (χ3v) is 5.16. The molecule has 2 aliphatic heterocycles. The minimum Gasteiger partial charge on any atom is -0.341 e. The Hall–Kier alpha value is -2.14. The van der Waals surface area contributed by atoms with E-state index < -0.39 is 0 Å². The van der Waals surface area contributed by atoms with Crippen LogP contribution >= 0.6 is 0 Å². The van der Waals surface area contributed by atoms with Crippen molar-refractivity contribution in [3.63, 3.8) is 0 Å². The van der Waals surface area contributed by atoms with Crippen molar-refractivity contribution in [1.82, 2.24) is 19.4 Å². The minimum absolute atomic E-state index is 0.199. The molecule has 1 amide bonds. The van der Waals surface area contributed by atoms with Gasteiger partial charge in [0.1, 0.15) is 11.9 Å². The molecule has 24 heavy (non-hydrogen) atoms. The fourth-order valence-corrected chi connectivity index (χ4v) is 3.84. The van der Waals surface area contributed by atoms with Gasteiger partial charge in [-0.1, -0.05) is 30.3 Å². The van der Waals surface area contributed by atoms with Crippen molar-refractivity contribution in [2.24, 2.45) is 0 Å². The molecule has 1 fully saturated rings. The topological polar surface area (TPSA) is 41.4 Å². The van der Waals surface area contributed by atoms with Gasteiger partial charge in [0.25, 0.3) is 0 Å². The van der Waals surface area contributed by atoms with Crippen molar-refractivity contribution in [2.45, 2.75) is 38.4 Å². The van der Waals surface area contributed by atoms with Gasteiger partial charge in [-0.05, 0) is 24.8 Å². The molecule has 0 saturated carbocycles. The summed E-state index contributed by atoms with van der Waals surface area (Å²) in [6, 6.07) is 10.0. The second-order valence-electron chi connectivity index (χ2n) is 6.71. The number of benzene rings is 1. The van der Waals surface area contributed by atoms with E-state index in [1.54, 1.807) is 0 Å². The molecular formula is C19H24N4O. The predicted molar refractivity (Wildman–Crippen MR) is 92.3 cm³/mol. The van der Waals surface area contributed by atoms with Crippen LogP contribution in [0, 0.1) is 0 Å². The van der Waals surface area contributed by atoms with Crippen LogP contribution in [-0.4, -0.2) is 44.9 Å². The Balaban J connectivity index is 1.62. The van der Waals surface area contributed by atoms with Crippen LogP contribution in [0.1, 0.15) is 36.7 Å². The quantitative estimate of drug-likeness (QED) is 0.871. The molecule has 1 atom stereocenters. The Morgan fingerprint density at radius 3 is 2.58 bits per heavy atom. The highest BCUT2D eigenvalue weighted by molar-refractivity contribution is 5.83. The molecule has 0 radical (unpaired) electrons. The van der Waals surface area contributed by atoms with Crippen molar-refractivity contribution < 1.29 is 4.79 Å². The SMILES string of the molecule is O=C([C@H](c1ccccc1)N1CCn2ccnc2C1)N1CCCCC1. The van der Waals surface area contributed by atoms with Gasteiger partial charge in [-0.25, -0.2) is 4.98 Å². The first-order valence-corrected chi connectivity index (χ1v) is 8.91. The summed E-state index contributed by atoms with van der Waals surface area (Å²) in [6.07, 6.45) is 7.36. The number of nitrogens with zero attached hydrogens (tertiary/aromatic N) is 4. The minimum atomic E-state index is -0.199. The van der Waals surface area contributed by atoms with Gasteiger partial charge in [-0.3, -0.25) is 9.69 Å². The fourth-order valence-electron chi connectivity index (χ4n) is 3.84. The maximum atomic E-state index is 13.3. The van der Waals surface area contributed by atoms with E-state index in [4.69, 9.17) is 0 Å². The van der Waals surface area contributed by atoms with Crippen molar-refractivity contribution in [3.8, 4) is 0 Å². The Morgan fingerprint density at radius 2 is 1.79 bits per heavy atom. The molecule has 2 aliphatic rings. The number of piperidine rings is 1. The molecule has 0 aliphatic carbocycles. The predicted octanol–water partition coefficient (Wildman–Crippen LogP) is 2.45. The van der Waals surface area contributed by atoms with Crippen LogP contribution in [0.15, 0.2) is 42.7 Å². The monoisotopic (exact) mass is 324 g/mol. The van der Waals surface area contributed by atoms with Crippen molar-refractivity contribution in [1.29, 1.82) is 0 Å². The van der Waals surface area contributed by atoms with Crippen LogP contribution in [0.3, 0.4) is 0 Å². The zero-order chi connectivity index (χ0) is 16.4. The number of carbonyl (C=O) groups excluding carboxylic acids is 1. The molecule has 1 aromatic carbocycles. The van der Waals surface area contributed by atoms with E-state index in [0.29, 0.717) is 0 Å². The molecule has 4 rings (SSSR count). The standard InChI is InChI=1S/C19H24N4O/c24-19(22-10-5-2-6-11-22)18(16-7-3-1-4-8-16)23-14-13-21-12-9-20-17(21)15-23/h1,3-4,7-9,12,18H,2,5-6,10-11,13-15H2/t18-/m0/s1. The summed E-state index contributed by atoms with van der Waals surface area (Å²) in [7, 11) is 0. The van der Waals surface area contributed by atoms with E-state index in [1.165, 1.54) is 6.42 Å². The maximum absolute atomic E-state index is 13.3. The maximum Gasteiger partial charge on any atom is 0.244 e. The molecule has 0 spiro atoms. The smallest absolute Gasteiger partial charge is 0.244 e. The molecular weight excluding hydrogens is 300 g/mol. The number of carbonyl (C=O) groups is 1. The summed E-state index contributed by atoms with van der Waals surface area (Å²) in [5, 5.41) is 0. The van der Waals surface area contributed by atoms with Crippen LogP contribution in [-0.2, 0) is 17.9 Å². The Morgan fingerprint density at radius 1 is 1.00 bits per heavy atom. The zero-order valence-electron chi connectivity index (χ0n) is 14.0. The molecule has 1 saturated heterocycles. The number of rotatable bonds is 3. The van der Waals surface area contributed by atoms with Crippen LogP contribution in [0.5, 0.6) is 0 Å². The Bertz CT molecular complexity index is 690. The van der Waals surface area contributed by atoms with Gasteiger partial charge in [0, 0.05) is 38.6 Å². The number of hydrogen-bond donors (Lipinski definition) is 0. The lowest BCUT2D eigenvalue weighted by Crippen LogP contribution is -2.47. The number of aromatic nitrogens is 2. The van der Waals surface area contributed by atoms with Crippen LogP contribution in [0.25, 0.3) is 0 Å². The van der Waals surface area contributed by atoms with E-state index in [9.17, 15) is 4.79 Å². The van der Waals surface area contributed by atoms with Crippen LogP contribution in [0.4, 0.5) is 0 Å². The summed E-state index contributed by atoms with van der Waals surface area (Å²) in [4.78, 5) is 22.1. The molecule has 0 N–H and O–H groups in total. The summed E-state index contributed by atoms with van der Waals surface area (Å²) < 4.78 is 2.18. The summed E-state index contributed by atoms with van der Waals surface area (Å²) >= 11 is 0. The van der Waals surface area contributed by atoms with Gasteiger partial charge in [0.05, 0.1) is 6.54 Å². The van der Waals surface area contributed by atoms with Gasteiger partial charge in [-0.15, -0.1) is 0 Å². The largest absolute Gasteiger partial charge is 0.341 e. The lowest BCUT2D eigenvalue weighted by molar-refractivity contribution is -0.139. The van der Waals surface area contributed by atoms with E-state index in [-0.39, 0.29) is 11.9 Å². The molecule has 2 aromatic rings. The van der Waals surface area contributed by atoms with Gasteiger partial charge < -0.3 is 9.47 Å². The summed E-state index contributed by atoms with van der Waals surface area (Å²) in [6.45, 7) is 4.29. The first-order valence-electron chi connectivity index (χ1n) is 8.91. The summed E-state index contributed by atoms with van der Waals surface area (Å²) in [5.74, 6) is 1.30. The van der Waals surface area contributed by atoms with Crippen molar-refractivity contribution >= 4 is 5.91 Å². The molecule has 126 valence electrons. The van der Waals surface area contributed by atoms with E-state index >= 15 is 0 Å². The number of amides is 1. The average molecular weight is 324 g/mol. The highest BCUT2D eigenvalue weighted by Crippen LogP contribution is 2.28. The third kappa shape index (κ3) is 2.96. The number of hydrogen-bond acceptors (Lipinski definition) is 3. The molecule has 1 aromatic heterocycles. The third-order valence-electron chi connectivity index (χ3n) is 5.16. The fraction of sp³-hybridized carbons (Fsp3) is 0.474. The van der Waals surface area contributed by atoms with Crippen molar-refractivity contribution in [3.05, 3.63) is 54.1 Å². The first kappa shape index (κ1) is 15.4. The lowest BCUT2D eigenvalue weighted by atomic mass is 10.0. The second-order valence-corrected chi connectivity index (χ2v) is 6.71. The Kier molecular flexibility index (Phi) is 4.34. The zero-order valence-corrected chi connectivity index (χ0v) is 14.0. The molecule has 3 heterocycles. The van der Waals surface area contributed by atoms with Crippen molar-refractivity contribution in [2.75, 3.05) is 19.6 Å². The van der Waals surface area contributed by atoms with Crippen LogP contribution in [0.2, 0.25) is 0 Å². The van der Waals surface area contributed by atoms with E-state index in [1.807, 2.05) is 30.6 Å². The first-order chi connectivity index (χ1) is 11.8. The van der Waals surface area contributed by atoms with Gasteiger partial charge >= 0.3 is 0 Å². The molecule has 0 bridgehead atoms. The highest BCUT2D eigenvalue weighted by Gasteiger charge is 2.33. The number of likely N-dealkylation sites (tertiary alicyclic amines) is 1. The average Bonchev–Trinajstić information content (AvgIpc) is 3.11. The van der Waals surface area contributed by atoms with Gasteiger partial charge in [0.15, 0.2) is 0 Å². The normalized spacial score (nSPS) is 19.8. The van der Waals surface area contributed by atoms with Crippen LogP contribution < -0.4 is 0 Å². The van der Waals surface area contributed by atoms with E-state index in [0.717, 1.165) is 57.0 Å². The number of fused-ring (bicyclic) bond motifs is 1. The molecule has 5 heteroatoms. The van der Waals surface area contributed by atoms with Gasteiger partial charge in [-0.2, -0.15) is 0 Å². The second kappa shape index (κ2) is 6.77. The summed E-state index contributed by atoms with van der Waals surface area (Å²) in [5.41, 5.74) is 1.09.